The fourth-order valence-electron chi connectivity index (χ4n) is 11.5. The molecule has 234 valence electrons. The van der Waals surface area contributed by atoms with Crippen LogP contribution in [0.5, 0.6) is 0 Å². The molecule has 4 heterocycles. The minimum atomic E-state index is -1.24. The van der Waals surface area contributed by atoms with Crippen LogP contribution < -0.4 is 0 Å². The number of carbonyl (C=O) groups is 1. The third-order valence-corrected chi connectivity index (χ3v) is 13.5. The van der Waals surface area contributed by atoms with E-state index in [4.69, 9.17) is 14.2 Å². The Labute approximate surface area is 259 Å². The molecule has 44 heavy (non-hydrogen) atoms. The second kappa shape index (κ2) is 7.63. The Morgan fingerprint density at radius 1 is 0.977 bits per heavy atom. The van der Waals surface area contributed by atoms with E-state index in [0.717, 1.165) is 47.9 Å². The van der Waals surface area contributed by atoms with Gasteiger partial charge < -0.3 is 29.4 Å². The van der Waals surface area contributed by atoms with E-state index in [1.54, 1.807) is 6.08 Å². The third-order valence-electron chi connectivity index (χ3n) is 13.5. The zero-order valence-corrected chi connectivity index (χ0v) is 27.2. The van der Waals surface area contributed by atoms with Gasteiger partial charge in [-0.1, -0.05) is 13.8 Å². The molecule has 3 fully saturated rings. The van der Waals surface area contributed by atoms with Gasteiger partial charge in [-0.15, -0.1) is 0 Å². The molecule has 0 amide bonds. The van der Waals surface area contributed by atoms with Crippen molar-refractivity contribution in [1.29, 1.82) is 0 Å². The number of aliphatic hydroxyl groups excluding tert-OH is 1. The first kappa shape index (κ1) is 28.0. The SMILES string of the molecule is CC1(C)CC2=C(C(O)c3cc4c5c([nH]c4cc32)C2(C)C(CCC3(O)C4=CC(=O)C6OC4(CCC32C)OC6(C)C)C5)C(C)(C)O1. The highest BCUT2D eigenvalue weighted by Crippen LogP contribution is 2.72. The summed E-state index contributed by atoms with van der Waals surface area (Å²) in [4.78, 5) is 17.2. The van der Waals surface area contributed by atoms with Gasteiger partial charge in [-0.05, 0) is 119 Å². The molecule has 0 radical (unpaired) electrons. The van der Waals surface area contributed by atoms with E-state index in [1.165, 1.54) is 22.2 Å². The van der Waals surface area contributed by atoms with Gasteiger partial charge in [-0.2, -0.15) is 0 Å². The molecular formula is C37H45NO6. The minimum absolute atomic E-state index is 0.109. The summed E-state index contributed by atoms with van der Waals surface area (Å²) in [5.74, 6) is -0.809. The van der Waals surface area contributed by atoms with E-state index in [2.05, 4.69) is 58.7 Å². The van der Waals surface area contributed by atoms with E-state index in [9.17, 15) is 15.0 Å². The fraction of sp³-hybridized carbons (Fsp3) is 0.649. The van der Waals surface area contributed by atoms with Crippen LogP contribution in [0.1, 0.15) is 116 Å². The van der Waals surface area contributed by atoms with Crippen molar-refractivity contribution >= 4 is 22.3 Å². The minimum Gasteiger partial charge on any atom is -0.385 e. The maximum Gasteiger partial charge on any atom is 0.195 e. The lowest BCUT2D eigenvalue weighted by Gasteiger charge is -2.65. The maximum absolute atomic E-state index is 13.3. The summed E-state index contributed by atoms with van der Waals surface area (Å²) in [5, 5.41) is 25.8. The summed E-state index contributed by atoms with van der Waals surface area (Å²) in [7, 11) is 0. The molecule has 2 saturated carbocycles. The number of ether oxygens (including phenoxy) is 3. The first-order valence-electron chi connectivity index (χ1n) is 16.6. The largest absolute Gasteiger partial charge is 0.385 e. The molecule has 7 atom stereocenters. The smallest absolute Gasteiger partial charge is 0.195 e. The number of aromatic nitrogens is 1. The Bertz CT molecular complexity index is 1790. The molecule has 2 bridgehead atoms. The molecule has 3 aliphatic heterocycles. The van der Waals surface area contributed by atoms with Crippen LogP contribution in [0.2, 0.25) is 0 Å². The highest BCUT2D eigenvalue weighted by molar-refractivity contribution is 5.97. The quantitative estimate of drug-likeness (QED) is 0.338. The van der Waals surface area contributed by atoms with Crippen molar-refractivity contribution in [3.05, 3.63) is 51.7 Å². The molecular weight excluding hydrogens is 554 g/mol. The topological polar surface area (TPSA) is 101 Å². The number of ketones is 1. The summed E-state index contributed by atoms with van der Waals surface area (Å²) in [6.45, 7) is 16.8. The predicted molar refractivity (Wildman–Crippen MR) is 166 cm³/mol. The standard InChI is InChI=1S/C37H45NO6/c1-31(2)17-23-19-15-24-20(14-21(19)28(40)27(23)32(3,4)43-31)22-13-18-9-10-36(41)26-16-25(39)30-33(5,6)44-37(26,42-30)12-11-34(36,7)35(18,8)29(22)38-24/h14-16,18,28,30,38,40-41H,9-13,17H2,1-8H3. The van der Waals surface area contributed by atoms with Crippen LogP contribution in [-0.2, 0) is 30.8 Å². The van der Waals surface area contributed by atoms with Crippen molar-refractivity contribution in [2.75, 3.05) is 0 Å². The molecule has 9 rings (SSSR count). The highest BCUT2D eigenvalue weighted by Gasteiger charge is 2.75. The van der Waals surface area contributed by atoms with Crippen LogP contribution in [0, 0.1) is 11.3 Å². The van der Waals surface area contributed by atoms with Gasteiger partial charge in [0.1, 0.15) is 11.7 Å². The first-order valence-corrected chi connectivity index (χ1v) is 16.6. The number of hydrogen-bond donors (Lipinski definition) is 3. The Balaban J connectivity index is 1.19. The van der Waals surface area contributed by atoms with Crippen molar-refractivity contribution in [2.45, 2.75) is 140 Å². The average molecular weight is 600 g/mol. The number of carbonyl (C=O) groups excluding carboxylic acids is 1. The second-order valence-electron chi connectivity index (χ2n) is 17.1. The lowest BCUT2D eigenvalue weighted by Crippen LogP contribution is -2.69. The summed E-state index contributed by atoms with van der Waals surface area (Å²) in [6, 6.07) is 4.48. The summed E-state index contributed by atoms with van der Waals surface area (Å²) in [6.07, 6.45) is 4.76. The van der Waals surface area contributed by atoms with E-state index in [1.807, 2.05) is 13.8 Å². The molecule has 7 heteroatoms. The molecule has 4 aliphatic carbocycles. The zero-order valence-electron chi connectivity index (χ0n) is 27.2. The Kier molecular flexibility index (Phi) is 4.85. The molecule has 7 aliphatic rings. The lowest BCUT2D eigenvalue weighted by atomic mass is 9.42. The Morgan fingerprint density at radius 2 is 1.73 bits per heavy atom. The molecule has 1 aromatic heterocycles. The lowest BCUT2D eigenvalue weighted by molar-refractivity contribution is -0.247. The summed E-state index contributed by atoms with van der Waals surface area (Å²) < 4.78 is 19.4. The fourth-order valence-corrected chi connectivity index (χ4v) is 11.5. The van der Waals surface area contributed by atoms with Crippen LogP contribution in [0.4, 0.5) is 0 Å². The van der Waals surface area contributed by atoms with E-state index < -0.39 is 40.2 Å². The van der Waals surface area contributed by atoms with Gasteiger partial charge in [0.2, 0.25) is 0 Å². The number of nitrogens with one attached hydrogen (secondary N) is 1. The van der Waals surface area contributed by atoms with Crippen molar-refractivity contribution in [3.63, 3.8) is 0 Å². The van der Waals surface area contributed by atoms with Gasteiger partial charge in [0.15, 0.2) is 17.7 Å². The van der Waals surface area contributed by atoms with E-state index in [0.29, 0.717) is 24.3 Å². The molecule has 1 aromatic carbocycles. The van der Waals surface area contributed by atoms with E-state index >= 15 is 0 Å². The van der Waals surface area contributed by atoms with Gasteiger partial charge in [0.25, 0.3) is 0 Å². The highest BCUT2D eigenvalue weighted by atomic mass is 16.8. The normalized spacial score (nSPS) is 43.6. The van der Waals surface area contributed by atoms with Crippen LogP contribution in [0.15, 0.2) is 29.4 Å². The number of hydrogen-bond acceptors (Lipinski definition) is 6. The van der Waals surface area contributed by atoms with E-state index in [-0.39, 0.29) is 16.8 Å². The molecule has 3 N–H and O–H groups in total. The van der Waals surface area contributed by atoms with Gasteiger partial charge >= 0.3 is 0 Å². The van der Waals surface area contributed by atoms with Crippen LogP contribution in [0.3, 0.4) is 0 Å². The van der Waals surface area contributed by atoms with Crippen molar-refractivity contribution in [1.82, 2.24) is 4.98 Å². The number of fused-ring (bicyclic) bond motifs is 11. The third kappa shape index (κ3) is 2.92. The number of rotatable bonds is 0. The summed E-state index contributed by atoms with van der Waals surface area (Å²) >= 11 is 0. The van der Waals surface area contributed by atoms with Crippen LogP contribution in [0.25, 0.3) is 16.5 Å². The zero-order chi connectivity index (χ0) is 31.2. The molecule has 1 spiro atoms. The molecule has 2 aromatic rings. The second-order valence-corrected chi connectivity index (χ2v) is 17.1. The predicted octanol–water partition coefficient (Wildman–Crippen LogP) is 6.10. The maximum atomic E-state index is 13.3. The number of aliphatic hydroxyl groups is 2. The molecule has 7 unspecified atom stereocenters. The average Bonchev–Trinajstić information content (AvgIpc) is 3.57. The number of H-pyrrole nitrogens is 1. The van der Waals surface area contributed by atoms with Crippen LogP contribution in [-0.4, -0.2) is 55.3 Å². The number of benzene rings is 1. The first-order chi connectivity index (χ1) is 20.4. The molecule has 7 nitrogen and oxygen atoms in total. The van der Waals surface area contributed by atoms with Gasteiger partial charge in [0, 0.05) is 45.8 Å². The monoisotopic (exact) mass is 599 g/mol. The summed E-state index contributed by atoms with van der Waals surface area (Å²) in [5.41, 5.74) is 4.72. The van der Waals surface area contributed by atoms with Crippen molar-refractivity contribution in [2.24, 2.45) is 11.3 Å². The van der Waals surface area contributed by atoms with Crippen molar-refractivity contribution < 1.29 is 29.2 Å². The van der Waals surface area contributed by atoms with Gasteiger partial charge in [-0.25, -0.2) is 0 Å². The van der Waals surface area contributed by atoms with Crippen LogP contribution >= 0.6 is 0 Å². The number of aromatic amines is 1. The Morgan fingerprint density at radius 3 is 2.48 bits per heavy atom. The molecule has 1 saturated heterocycles. The van der Waals surface area contributed by atoms with Crippen molar-refractivity contribution in [3.8, 4) is 0 Å². The Hall–Kier alpha value is -2.29. The van der Waals surface area contributed by atoms with Gasteiger partial charge in [0.05, 0.1) is 16.8 Å². The van der Waals surface area contributed by atoms with Gasteiger partial charge in [-0.3, -0.25) is 4.79 Å².